The fraction of sp³-hybridized carbons (Fsp3) is 0.0571. The van der Waals surface area contributed by atoms with Gasteiger partial charge in [0.25, 0.3) is 0 Å². The summed E-state index contributed by atoms with van der Waals surface area (Å²) in [7, 11) is 2.07. The van der Waals surface area contributed by atoms with E-state index in [4.69, 9.17) is 14.4 Å². The zero-order valence-corrected chi connectivity index (χ0v) is 21.8. The van der Waals surface area contributed by atoms with Crippen molar-refractivity contribution in [2.75, 3.05) is 0 Å². The Labute approximate surface area is 226 Å². The second kappa shape index (κ2) is 9.34. The van der Waals surface area contributed by atoms with E-state index in [-0.39, 0.29) is 0 Å². The molecule has 3 aromatic heterocycles. The first-order valence-electron chi connectivity index (χ1n) is 13.1. The van der Waals surface area contributed by atoms with Crippen molar-refractivity contribution in [1.29, 1.82) is 0 Å². The van der Waals surface area contributed by atoms with Gasteiger partial charge in [-0.25, -0.2) is 14.5 Å². The van der Waals surface area contributed by atoms with Crippen LogP contribution >= 0.6 is 0 Å². The van der Waals surface area contributed by atoms with Crippen LogP contribution in [-0.2, 0) is 7.05 Å². The van der Waals surface area contributed by atoms with Crippen LogP contribution in [0.1, 0.15) is 5.56 Å². The average Bonchev–Trinajstić information content (AvgIpc) is 3.36. The van der Waals surface area contributed by atoms with Gasteiger partial charge in [0, 0.05) is 39.6 Å². The molecule has 3 heterocycles. The van der Waals surface area contributed by atoms with Gasteiger partial charge in [0.1, 0.15) is 18.2 Å². The van der Waals surface area contributed by atoms with Crippen molar-refractivity contribution < 1.29 is 8.98 Å². The lowest BCUT2D eigenvalue weighted by Gasteiger charge is -2.09. The van der Waals surface area contributed by atoms with Gasteiger partial charge >= 0.3 is 0 Å². The Morgan fingerprint density at radius 2 is 1.28 bits per heavy atom. The minimum atomic E-state index is 0.688. The third-order valence-electron chi connectivity index (χ3n) is 7.28. The Morgan fingerprint density at radius 3 is 1.95 bits per heavy atom. The van der Waals surface area contributed by atoms with Gasteiger partial charge in [0.05, 0.1) is 17.0 Å². The van der Waals surface area contributed by atoms with Crippen LogP contribution < -0.4 is 4.57 Å². The second-order valence-electron chi connectivity index (χ2n) is 9.84. The van der Waals surface area contributed by atoms with E-state index < -0.39 is 0 Å². The summed E-state index contributed by atoms with van der Waals surface area (Å²) < 4.78 is 8.63. The number of aromatic nitrogens is 3. The third-order valence-corrected chi connectivity index (χ3v) is 7.28. The number of hydrogen-bond donors (Lipinski definition) is 0. The molecule has 0 bridgehead atoms. The highest BCUT2D eigenvalue weighted by Gasteiger charge is 2.21. The van der Waals surface area contributed by atoms with Crippen molar-refractivity contribution in [2.45, 2.75) is 6.92 Å². The van der Waals surface area contributed by atoms with Gasteiger partial charge in [0.2, 0.25) is 5.69 Å². The number of furan rings is 1. The fourth-order valence-corrected chi connectivity index (χ4v) is 5.27. The summed E-state index contributed by atoms with van der Waals surface area (Å²) >= 11 is 0. The van der Waals surface area contributed by atoms with E-state index in [9.17, 15) is 0 Å². The van der Waals surface area contributed by atoms with Gasteiger partial charge in [-0.1, -0.05) is 72.8 Å². The van der Waals surface area contributed by atoms with E-state index in [0.29, 0.717) is 5.82 Å². The van der Waals surface area contributed by atoms with Crippen molar-refractivity contribution in [2.24, 2.45) is 7.05 Å². The number of pyridine rings is 1. The van der Waals surface area contributed by atoms with Gasteiger partial charge in [-0.05, 0) is 42.8 Å². The normalized spacial score (nSPS) is 11.3. The quantitative estimate of drug-likeness (QED) is 0.227. The Morgan fingerprint density at radius 1 is 0.615 bits per heavy atom. The molecule has 0 aliphatic heterocycles. The molecule has 0 aliphatic carbocycles. The zero-order valence-electron chi connectivity index (χ0n) is 21.8. The van der Waals surface area contributed by atoms with Gasteiger partial charge < -0.3 is 4.42 Å². The molecule has 0 spiro atoms. The Kier molecular flexibility index (Phi) is 5.52. The SMILES string of the molecule is Cc1ccc2c(oc3ccc(-c4nc(-c5ccccc5)cc(-c5ccccc5)n4)cc32)c1-c1cccc[n+]1C. The van der Waals surface area contributed by atoms with E-state index in [1.807, 2.05) is 48.5 Å². The zero-order chi connectivity index (χ0) is 26.3. The number of fused-ring (bicyclic) bond motifs is 3. The molecule has 39 heavy (non-hydrogen) atoms. The first kappa shape index (κ1) is 23.1. The van der Waals surface area contributed by atoms with Crippen LogP contribution in [0.4, 0.5) is 0 Å². The van der Waals surface area contributed by atoms with Crippen molar-refractivity contribution in [3.05, 3.63) is 127 Å². The van der Waals surface area contributed by atoms with Crippen molar-refractivity contribution >= 4 is 21.9 Å². The fourth-order valence-electron chi connectivity index (χ4n) is 5.27. The molecule has 186 valence electrons. The number of rotatable bonds is 4. The lowest BCUT2D eigenvalue weighted by molar-refractivity contribution is -0.660. The number of hydrogen-bond acceptors (Lipinski definition) is 3. The van der Waals surface area contributed by atoms with Gasteiger partial charge in [-0.2, -0.15) is 0 Å². The summed E-state index contributed by atoms with van der Waals surface area (Å²) in [5, 5.41) is 2.14. The van der Waals surface area contributed by atoms with Crippen molar-refractivity contribution in [3.63, 3.8) is 0 Å². The number of nitrogens with zero attached hydrogens (tertiary/aromatic N) is 3. The molecule has 4 aromatic carbocycles. The Balaban J connectivity index is 1.44. The number of aryl methyl sites for hydroxylation is 2. The third kappa shape index (κ3) is 4.07. The summed E-state index contributed by atoms with van der Waals surface area (Å²) in [6.07, 6.45) is 2.07. The molecule has 0 N–H and O–H groups in total. The van der Waals surface area contributed by atoms with Gasteiger partial charge in [-0.15, -0.1) is 0 Å². The van der Waals surface area contributed by atoms with Gasteiger partial charge in [0.15, 0.2) is 12.0 Å². The van der Waals surface area contributed by atoms with Crippen LogP contribution in [0, 0.1) is 6.92 Å². The first-order valence-corrected chi connectivity index (χ1v) is 13.1. The molecule has 0 unspecified atom stereocenters. The molecule has 0 amide bonds. The molecule has 0 saturated carbocycles. The molecule has 4 heteroatoms. The van der Waals surface area contributed by atoms with Crippen molar-refractivity contribution in [1.82, 2.24) is 9.97 Å². The standard InChI is InChI=1S/C35H26N3O/c1-23-16-18-27-28-21-26(17-19-32(28)39-34(27)33(23)31-15-9-10-20-38(31)2)35-36-29(24-11-5-3-6-12-24)22-30(37-35)25-13-7-4-8-14-25/h3-22H,1-2H3/q+1. The molecule has 0 fully saturated rings. The maximum absolute atomic E-state index is 6.50. The molecular weight excluding hydrogens is 478 g/mol. The van der Waals surface area contributed by atoms with E-state index in [0.717, 1.165) is 61.3 Å². The summed E-state index contributed by atoms with van der Waals surface area (Å²) in [5.74, 6) is 0.688. The smallest absolute Gasteiger partial charge is 0.216 e. The lowest BCUT2D eigenvalue weighted by Crippen LogP contribution is -2.30. The summed E-state index contributed by atoms with van der Waals surface area (Å²) in [4.78, 5) is 10.0. The highest BCUT2D eigenvalue weighted by Crippen LogP contribution is 2.38. The van der Waals surface area contributed by atoms with Crippen LogP contribution in [0.5, 0.6) is 0 Å². The van der Waals surface area contributed by atoms with E-state index in [2.05, 4.69) is 91.5 Å². The highest BCUT2D eigenvalue weighted by atomic mass is 16.3. The summed E-state index contributed by atoms with van der Waals surface area (Å²) in [5.41, 5.74) is 10.0. The van der Waals surface area contributed by atoms with Crippen LogP contribution in [0.2, 0.25) is 0 Å². The highest BCUT2D eigenvalue weighted by molar-refractivity contribution is 6.10. The second-order valence-corrected chi connectivity index (χ2v) is 9.84. The molecule has 0 radical (unpaired) electrons. The predicted molar refractivity (Wildman–Crippen MR) is 157 cm³/mol. The summed E-state index contributed by atoms with van der Waals surface area (Å²) in [6.45, 7) is 2.13. The average molecular weight is 505 g/mol. The maximum atomic E-state index is 6.50. The lowest BCUT2D eigenvalue weighted by atomic mass is 10.00. The molecular formula is C35H26N3O+. The van der Waals surface area contributed by atoms with E-state index >= 15 is 0 Å². The van der Waals surface area contributed by atoms with E-state index in [1.165, 1.54) is 5.56 Å². The molecule has 7 aromatic rings. The number of benzene rings is 4. The molecule has 7 rings (SSSR count). The van der Waals surface area contributed by atoms with Crippen LogP contribution in [0.25, 0.3) is 67.1 Å². The Hall–Kier alpha value is -5.09. The predicted octanol–water partition coefficient (Wildman–Crippen LogP) is 8.18. The largest absolute Gasteiger partial charge is 0.455 e. The maximum Gasteiger partial charge on any atom is 0.216 e. The molecule has 0 saturated heterocycles. The molecule has 0 aliphatic rings. The summed E-state index contributed by atoms with van der Waals surface area (Å²) in [6, 6.07) is 39.4. The van der Waals surface area contributed by atoms with Gasteiger partial charge in [-0.3, -0.25) is 0 Å². The molecule has 4 nitrogen and oxygen atoms in total. The van der Waals surface area contributed by atoms with Crippen molar-refractivity contribution in [3.8, 4) is 45.2 Å². The van der Waals surface area contributed by atoms with Crippen LogP contribution in [0.15, 0.2) is 126 Å². The van der Waals surface area contributed by atoms with Crippen LogP contribution in [0.3, 0.4) is 0 Å². The monoisotopic (exact) mass is 504 g/mol. The topological polar surface area (TPSA) is 42.8 Å². The van der Waals surface area contributed by atoms with Crippen LogP contribution in [-0.4, -0.2) is 9.97 Å². The molecule has 0 atom stereocenters. The van der Waals surface area contributed by atoms with E-state index in [1.54, 1.807) is 0 Å². The first-order chi connectivity index (χ1) is 19.2. The minimum absolute atomic E-state index is 0.688. The Bertz CT molecular complexity index is 1920. The minimum Gasteiger partial charge on any atom is -0.455 e.